The lowest BCUT2D eigenvalue weighted by molar-refractivity contribution is 0.305. The van der Waals surface area contributed by atoms with E-state index in [0.717, 1.165) is 21.2 Å². The third-order valence-corrected chi connectivity index (χ3v) is 4.87. The molecule has 0 aliphatic carbocycles. The minimum Gasteiger partial charge on any atom is -0.488 e. The summed E-state index contributed by atoms with van der Waals surface area (Å²) in [5.41, 5.74) is 3.07. The van der Waals surface area contributed by atoms with Crippen LogP contribution in [0.3, 0.4) is 0 Å². The van der Waals surface area contributed by atoms with Crippen LogP contribution in [0.4, 0.5) is 0 Å². The predicted molar refractivity (Wildman–Crippen MR) is 115 cm³/mol. The summed E-state index contributed by atoms with van der Waals surface area (Å²) in [4.78, 5) is 0. The highest BCUT2D eigenvalue weighted by molar-refractivity contribution is 9.10. The van der Waals surface area contributed by atoms with Crippen molar-refractivity contribution >= 4 is 50.8 Å². The van der Waals surface area contributed by atoms with E-state index < -0.39 is 0 Å². The van der Waals surface area contributed by atoms with Gasteiger partial charge in [0.25, 0.3) is 0 Å². The van der Waals surface area contributed by atoms with Gasteiger partial charge in [0.1, 0.15) is 12.4 Å². The Morgan fingerprint density at radius 3 is 2.30 bits per heavy atom. The summed E-state index contributed by atoms with van der Waals surface area (Å²) in [6.45, 7) is 0.415. The van der Waals surface area contributed by atoms with Crippen LogP contribution >= 0.6 is 39.1 Å². The highest BCUT2D eigenvalue weighted by Crippen LogP contribution is 2.29. The molecule has 0 atom stereocenters. The lowest BCUT2D eigenvalue weighted by Gasteiger charge is -2.11. The van der Waals surface area contributed by atoms with Gasteiger partial charge in [-0.3, -0.25) is 0 Å². The van der Waals surface area contributed by atoms with Gasteiger partial charge in [-0.1, -0.05) is 63.4 Å². The van der Waals surface area contributed by atoms with Gasteiger partial charge in [0.2, 0.25) is 0 Å². The van der Waals surface area contributed by atoms with Gasteiger partial charge in [-0.05, 0) is 59.7 Å². The molecule has 3 aromatic carbocycles. The number of nitrogens with zero attached hydrogens (tertiary/aromatic N) is 1. The summed E-state index contributed by atoms with van der Waals surface area (Å²) < 4.78 is 6.99. The SMILES string of the molecule is N#C/C(=C\c1cc(Cl)ccc1OCc1ccc(Br)cc1)c1ccc(Cl)cc1. The average molecular weight is 459 g/mol. The molecule has 0 aliphatic heterocycles. The highest BCUT2D eigenvalue weighted by atomic mass is 79.9. The fourth-order valence-corrected chi connectivity index (χ4v) is 3.04. The Balaban J connectivity index is 1.89. The Hall–Kier alpha value is -2.25. The van der Waals surface area contributed by atoms with Crippen molar-refractivity contribution in [2.24, 2.45) is 0 Å². The van der Waals surface area contributed by atoms with Crippen LogP contribution in [0.15, 0.2) is 71.2 Å². The van der Waals surface area contributed by atoms with Crippen LogP contribution in [0.5, 0.6) is 5.75 Å². The van der Waals surface area contributed by atoms with Crippen molar-refractivity contribution in [2.45, 2.75) is 6.61 Å². The van der Waals surface area contributed by atoms with E-state index in [-0.39, 0.29) is 0 Å². The number of hydrogen-bond donors (Lipinski definition) is 0. The second-order valence-corrected chi connectivity index (χ2v) is 7.56. The van der Waals surface area contributed by atoms with Crippen molar-refractivity contribution in [3.05, 3.63) is 97.9 Å². The molecule has 0 N–H and O–H groups in total. The van der Waals surface area contributed by atoms with Gasteiger partial charge in [-0.2, -0.15) is 5.26 Å². The summed E-state index contributed by atoms with van der Waals surface area (Å²) in [5, 5.41) is 10.8. The maximum atomic E-state index is 9.57. The van der Waals surface area contributed by atoms with Gasteiger partial charge in [-0.15, -0.1) is 0 Å². The number of nitriles is 1. The molecule has 27 heavy (non-hydrogen) atoms. The van der Waals surface area contributed by atoms with Crippen LogP contribution in [0, 0.1) is 11.3 Å². The molecule has 134 valence electrons. The normalized spacial score (nSPS) is 11.1. The van der Waals surface area contributed by atoms with E-state index >= 15 is 0 Å². The molecule has 3 aromatic rings. The fourth-order valence-electron chi connectivity index (χ4n) is 2.47. The number of rotatable bonds is 5. The first-order valence-corrected chi connectivity index (χ1v) is 9.64. The van der Waals surface area contributed by atoms with Crippen molar-refractivity contribution in [2.75, 3.05) is 0 Å². The third-order valence-electron chi connectivity index (χ3n) is 3.85. The summed E-state index contributed by atoms with van der Waals surface area (Å²) in [7, 11) is 0. The van der Waals surface area contributed by atoms with Gasteiger partial charge in [0.05, 0.1) is 11.6 Å². The van der Waals surface area contributed by atoms with Gasteiger partial charge in [0, 0.05) is 20.1 Å². The quantitative estimate of drug-likeness (QED) is 0.294. The molecule has 0 fully saturated rings. The minimum absolute atomic E-state index is 0.415. The van der Waals surface area contributed by atoms with Crippen molar-refractivity contribution in [1.29, 1.82) is 5.26 Å². The molecule has 2 nitrogen and oxygen atoms in total. The molecule has 0 aromatic heterocycles. The monoisotopic (exact) mass is 457 g/mol. The molecule has 0 amide bonds. The molecule has 0 bridgehead atoms. The first-order chi connectivity index (χ1) is 13.0. The standard InChI is InChI=1S/C22H14BrCl2NO/c23-19-5-1-15(2-6-19)14-27-22-10-9-21(25)12-17(22)11-18(13-26)16-3-7-20(24)8-4-16/h1-12H,14H2/b18-11+. The molecular formula is C22H14BrCl2NO. The van der Waals surface area contributed by atoms with Crippen LogP contribution in [-0.2, 0) is 6.61 Å². The Morgan fingerprint density at radius 2 is 1.63 bits per heavy atom. The van der Waals surface area contributed by atoms with E-state index in [9.17, 15) is 5.26 Å². The first-order valence-electron chi connectivity index (χ1n) is 8.10. The minimum atomic E-state index is 0.415. The molecular weight excluding hydrogens is 445 g/mol. The topological polar surface area (TPSA) is 33.0 Å². The first kappa shape index (κ1) is 19.5. The average Bonchev–Trinajstić information content (AvgIpc) is 2.67. The molecule has 0 saturated heterocycles. The smallest absolute Gasteiger partial charge is 0.127 e. The molecule has 3 rings (SSSR count). The second-order valence-electron chi connectivity index (χ2n) is 5.77. The van der Waals surface area contributed by atoms with Crippen LogP contribution in [-0.4, -0.2) is 0 Å². The summed E-state index contributed by atoms with van der Waals surface area (Å²) in [6.07, 6.45) is 1.77. The van der Waals surface area contributed by atoms with Gasteiger partial charge in [-0.25, -0.2) is 0 Å². The largest absolute Gasteiger partial charge is 0.488 e. The summed E-state index contributed by atoms with van der Waals surface area (Å²) in [6, 6.07) is 22.6. The van der Waals surface area contributed by atoms with E-state index in [2.05, 4.69) is 22.0 Å². The number of halogens is 3. The van der Waals surface area contributed by atoms with Crippen molar-refractivity contribution in [1.82, 2.24) is 0 Å². The maximum Gasteiger partial charge on any atom is 0.127 e. The molecule has 0 unspecified atom stereocenters. The molecule has 0 spiro atoms. The third kappa shape index (κ3) is 5.37. The van der Waals surface area contributed by atoms with Crippen LogP contribution in [0.1, 0.15) is 16.7 Å². The zero-order valence-electron chi connectivity index (χ0n) is 14.1. The van der Waals surface area contributed by atoms with E-state index in [1.54, 1.807) is 30.3 Å². The Morgan fingerprint density at radius 1 is 0.963 bits per heavy atom. The molecule has 0 aliphatic rings. The van der Waals surface area contributed by atoms with Crippen LogP contribution < -0.4 is 4.74 Å². The van der Waals surface area contributed by atoms with Crippen LogP contribution in [0.25, 0.3) is 11.6 Å². The lowest BCUT2D eigenvalue weighted by atomic mass is 10.0. The number of allylic oxidation sites excluding steroid dienone is 1. The van der Waals surface area contributed by atoms with Gasteiger partial charge < -0.3 is 4.74 Å². The Labute approximate surface area is 176 Å². The number of benzene rings is 3. The zero-order valence-corrected chi connectivity index (χ0v) is 17.2. The summed E-state index contributed by atoms with van der Waals surface area (Å²) in [5.74, 6) is 0.657. The highest BCUT2D eigenvalue weighted by Gasteiger charge is 2.07. The van der Waals surface area contributed by atoms with E-state index in [4.69, 9.17) is 27.9 Å². The molecule has 0 saturated carbocycles. The second kappa shape index (κ2) is 9.10. The molecule has 5 heteroatoms. The Kier molecular flexibility index (Phi) is 6.58. The predicted octanol–water partition coefficient (Wildman–Crippen LogP) is 7.40. The van der Waals surface area contributed by atoms with E-state index in [1.165, 1.54) is 0 Å². The van der Waals surface area contributed by atoms with Crippen molar-refractivity contribution < 1.29 is 4.74 Å². The van der Waals surface area contributed by atoms with E-state index in [0.29, 0.717) is 28.0 Å². The van der Waals surface area contributed by atoms with Gasteiger partial charge in [0.15, 0.2) is 0 Å². The maximum absolute atomic E-state index is 9.57. The molecule has 0 radical (unpaired) electrons. The Bertz CT molecular complexity index is 1010. The fraction of sp³-hybridized carbons (Fsp3) is 0.0455. The van der Waals surface area contributed by atoms with Crippen molar-refractivity contribution in [3.8, 4) is 11.8 Å². The number of hydrogen-bond acceptors (Lipinski definition) is 2. The van der Waals surface area contributed by atoms with E-state index in [1.807, 2.05) is 42.5 Å². The lowest BCUT2D eigenvalue weighted by Crippen LogP contribution is -1.97. The molecule has 0 heterocycles. The van der Waals surface area contributed by atoms with Gasteiger partial charge >= 0.3 is 0 Å². The zero-order chi connectivity index (χ0) is 19.2. The van der Waals surface area contributed by atoms with Crippen molar-refractivity contribution in [3.63, 3.8) is 0 Å². The summed E-state index contributed by atoms with van der Waals surface area (Å²) >= 11 is 15.5. The van der Waals surface area contributed by atoms with Crippen LogP contribution in [0.2, 0.25) is 10.0 Å². The number of ether oxygens (including phenoxy) is 1.